The first-order valence-corrected chi connectivity index (χ1v) is 22.9. The minimum Gasteiger partial charge on any atom is -0.490 e. The van der Waals surface area contributed by atoms with E-state index in [0.29, 0.717) is 92.5 Å². The first-order chi connectivity index (χ1) is 31.1. The Morgan fingerprint density at radius 2 is 0.714 bits per heavy atom. The number of hydrogen-bond acceptors (Lipinski definition) is 9. The molecule has 0 saturated heterocycles. The van der Waals surface area contributed by atoms with Gasteiger partial charge in [0.1, 0.15) is 30.5 Å². The van der Waals surface area contributed by atoms with Gasteiger partial charge in [0.15, 0.2) is 0 Å². The fraction of sp³-hybridized carbons (Fsp3) is 0.358. The number of benzene rings is 7. The lowest BCUT2D eigenvalue weighted by molar-refractivity contribution is 0.00447. The van der Waals surface area contributed by atoms with Crippen molar-refractivity contribution in [3.63, 3.8) is 0 Å². The highest BCUT2D eigenvalue weighted by Gasteiger charge is 2.19. The normalized spacial score (nSPS) is 16.4. The lowest BCUT2D eigenvalue weighted by Crippen LogP contribution is -2.14. The van der Waals surface area contributed by atoms with Crippen LogP contribution in [0.3, 0.4) is 0 Å². The summed E-state index contributed by atoms with van der Waals surface area (Å²) in [7, 11) is 0. The third kappa shape index (κ3) is 11.3. The zero-order chi connectivity index (χ0) is 43.2. The van der Waals surface area contributed by atoms with E-state index in [9.17, 15) is 0 Å². The summed E-state index contributed by atoms with van der Waals surface area (Å²) in [6, 6.07) is 38.5. The maximum Gasteiger partial charge on any atom is 0.135 e. The molecule has 0 radical (unpaired) electrons. The van der Waals surface area contributed by atoms with Gasteiger partial charge in [-0.05, 0) is 71.5 Å². The molecule has 2 heterocycles. The predicted molar refractivity (Wildman–Crippen MR) is 254 cm³/mol. The van der Waals surface area contributed by atoms with Crippen LogP contribution in [-0.4, -0.2) is 85.4 Å². The van der Waals surface area contributed by atoms with Crippen LogP contribution in [0, 0.1) is 0 Å². The summed E-state index contributed by atoms with van der Waals surface area (Å²) < 4.78 is 56.0. The number of fused-ring (bicyclic) bond motifs is 22. The fourth-order valence-corrected chi connectivity index (χ4v) is 8.97. The molecule has 9 rings (SSSR count). The third-order valence-electron chi connectivity index (χ3n) is 11.1. The van der Waals surface area contributed by atoms with Gasteiger partial charge < -0.3 is 42.6 Å². The van der Waals surface area contributed by atoms with E-state index in [2.05, 4.69) is 113 Å². The van der Waals surface area contributed by atoms with Gasteiger partial charge in [-0.15, -0.1) is 0 Å². The van der Waals surface area contributed by atoms with Crippen LogP contribution in [0.25, 0.3) is 43.1 Å². The monoisotopic (exact) mass is 916 g/mol. The SMILES string of the molecule is CC(C)Oc1c2cc(Br)cc1COCCOCCOCCOc1c3ccccc3c(c3ccccc13)CCc1c3ccccc3c(c3ccccc13)OCCOCCOCCOC2. The molecule has 7 aromatic carbocycles. The highest BCUT2D eigenvalue weighted by molar-refractivity contribution is 9.10. The molecule has 0 atom stereocenters. The van der Waals surface area contributed by atoms with E-state index in [1.54, 1.807) is 0 Å². The summed E-state index contributed by atoms with van der Waals surface area (Å²) in [4.78, 5) is 0. The number of rotatable bonds is 2. The summed E-state index contributed by atoms with van der Waals surface area (Å²) in [6.45, 7) is 10.1. The van der Waals surface area contributed by atoms with Crippen molar-refractivity contribution < 1.29 is 42.6 Å². The van der Waals surface area contributed by atoms with E-state index < -0.39 is 0 Å². The van der Waals surface area contributed by atoms with E-state index in [1.807, 2.05) is 26.0 Å². The molecule has 63 heavy (non-hydrogen) atoms. The number of aryl methyl sites for hydroxylation is 2. The minimum atomic E-state index is -0.0139. The highest BCUT2D eigenvalue weighted by Crippen LogP contribution is 2.42. The van der Waals surface area contributed by atoms with E-state index in [-0.39, 0.29) is 6.10 Å². The summed E-state index contributed by atoms with van der Waals surface area (Å²) in [5, 5.41) is 9.21. The zero-order valence-corrected chi connectivity index (χ0v) is 37.9. The minimum absolute atomic E-state index is 0.0139. The van der Waals surface area contributed by atoms with Gasteiger partial charge >= 0.3 is 0 Å². The Morgan fingerprint density at radius 1 is 0.413 bits per heavy atom. The van der Waals surface area contributed by atoms with E-state index in [1.165, 1.54) is 32.7 Å². The average molecular weight is 918 g/mol. The van der Waals surface area contributed by atoms with Crippen LogP contribution in [0.1, 0.15) is 36.1 Å². The van der Waals surface area contributed by atoms with Gasteiger partial charge in [0, 0.05) is 37.1 Å². The van der Waals surface area contributed by atoms with Crippen molar-refractivity contribution >= 4 is 59.0 Å². The Morgan fingerprint density at radius 3 is 1.05 bits per heavy atom. The molecule has 0 fully saturated rings. The number of hydrogen-bond donors (Lipinski definition) is 0. The lowest BCUT2D eigenvalue weighted by atomic mass is 9.88. The molecule has 2 aliphatic rings. The van der Waals surface area contributed by atoms with Crippen molar-refractivity contribution in [3.8, 4) is 17.2 Å². The topological polar surface area (TPSA) is 83.1 Å². The van der Waals surface area contributed by atoms with E-state index in [4.69, 9.17) is 42.6 Å². The molecular weight excluding hydrogens is 860 g/mol. The molecule has 0 aromatic heterocycles. The van der Waals surface area contributed by atoms with Crippen LogP contribution >= 0.6 is 15.9 Å². The molecule has 7 aromatic rings. The van der Waals surface area contributed by atoms with Gasteiger partial charge in [-0.2, -0.15) is 0 Å². The zero-order valence-electron chi connectivity index (χ0n) is 36.3. The van der Waals surface area contributed by atoms with Crippen molar-refractivity contribution in [1.29, 1.82) is 0 Å². The fourth-order valence-electron chi connectivity index (χ4n) is 8.42. The Labute approximate surface area is 378 Å². The highest BCUT2D eigenvalue weighted by atomic mass is 79.9. The maximum atomic E-state index is 6.57. The molecule has 0 amide bonds. The van der Waals surface area contributed by atoms with Crippen molar-refractivity contribution in [2.75, 3.05) is 79.3 Å². The third-order valence-corrected chi connectivity index (χ3v) is 11.6. The van der Waals surface area contributed by atoms with Gasteiger partial charge in [-0.25, -0.2) is 0 Å². The Kier molecular flexibility index (Phi) is 16.2. The van der Waals surface area contributed by atoms with Crippen LogP contribution in [0.2, 0.25) is 0 Å². The van der Waals surface area contributed by atoms with Crippen LogP contribution in [0.15, 0.2) is 114 Å². The molecule has 9 nitrogen and oxygen atoms in total. The molecule has 6 bridgehead atoms. The molecule has 0 aliphatic carbocycles. The largest absolute Gasteiger partial charge is 0.490 e. The second-order valence-electron chi connectivity index (χ2n) is 15.8. The van der Waals surface area contributed by atoms with Crippen LogP contribution in [-0.2, 0) is 54.5 Å². The van der Waals surface area contributed by atoms with Crippen LogP contribution in [0.4, 0.5) is 0 Å². The van der Waals surface area contributed by atoms with Crippen LogP contribution < -0.4 is 14.2 Å². The van der Waals surface area contributed by atoms with Crippen LogP contribution in [0.5, 0.6) is 17.2 Å². The molecule has 0 saturated carbocycles. The Bertz CT molecular complexity index is 2310. The smallest absolute Gasteiger partial charge is 0.135 e. The quantitative estimate of drug-likeness (QED) is 0.124. The van der Waals surface area contributed by atoms with Gasteiger partial charge in [0.05, 0.1) is 85.4 Å². The molecule has 2 aliphatic heterocycles. The van der Waals surface area contributed by atoms with E-state index >= 15 is 0 Å². The van der Waals surface area contributed by atoms with Gasteiger partial charge in [0.25, 0.3) is 0 Å². The number of ether oxygens (including phenoxy) is 9. The molecular formula is C53H57BrO9. The van der Waals surface area contributed by atoms with E-state index in [0.717, 1.165) is 67.2 Å². The average Bonchev–Trinajstić information content (AvgIpc) is 3.30. The molecule has 0 N–H and O–H groups in total. The maximum absolute atomic E-state index is 6.57. The Balaban J connectivity index is 1.02. The van der Waals surface area contributed by atoms with Gasteiger partial charge in [-0.1, -0.05) is 113 Å². The molecule has 0 unspecified atom stereocenters. The second kappa shape index (κ2) is 22.7. The standard InChI is InChI=1S/C53H57BrO9/c1-37(2)63-51-38-33-40(54)34-39(51)36-60-28-26-56-22-24-58-30-32-62-53-49-17-9-5-13-43(49)46(44-14-6-10-18-50(44)53)20-19-45-41-11-3-7-15-47(41)52(48-16-8-4-12-42(45)48)61-31-29-57-23-21-55-25-27-59-35-38/h3-18,33-34,37H,19-32,35-36H2,1-2H3. The first-order valence-electron chi connectivity index (χ1n) is 22.1. The van der Waals surface area contributed by atoms with Gasteiger partial charge in [-0.3, -0.25) is 0 Å². The van der Waals surface area contributed by atoms with Gasteiger partial charge in [0.2, 0.25) is 0 Å². The Hall–Kier alpha value is -4.78. The lowest BCUT2D eigenvalue weighted by Gasteiger charge is -2.20. The van der Waals surface area contributed by atoms with Crippen molar-refractivity contribution in [3.05, 3.63) is 136 Å². The van der Waals surface area contributed by atoms with Crippen molar-refractivity contribution in [2.24, 2.45) is 0 Å². The second-order valence-corrected chi connectivity index (χ2v) is 16.7. The molecule has 330 valence electrons. The van der Waals surface area contributed by atoms with Crippen molar-refractivity contribution in [2.45, 2.75) is 46.0 Å². The van der Waals surface area contributed by atoms with Crippen molar-refractivity contribution in [1.82, 2.24) is 0 Å². The molecule has 0 spiro atoms. The summed E-state index contributed by atoms with van der Waals surface area (Å²) >= 11 is 3.67. The predicted octanol–water partition coefficient (Wildman–Crippen LogP) is 11.2. The number of halogens is 1. The first kappa shape index (κ1) is 44.8. The summed E-state index contributed by atoms with van der Waals surface area (Å²) in [6.07, 6.45) is 1.69. The summed E-state index contributed by atoms with van der Waals surface area (Å²) in [5.41, 5.74) is 4.51. The molecule has 10 heteroatoms. The summed E-state index contributed by atoms with van der Waals surface area (Å²) in [5.74, 6) is 2.55.